The van der Waals surface area contributed by atoms with E-state index in [-0.39, 0.29) is 33.6 Å². The molecule has 0 aromatic heterocycles. The van der Waals surface area contributed by atoms with Crippen molar-refractivity contribution >= 4 is 9.76 Å². The fourth-order valence-corrected chi connectivity index (χ4v) is 2.21. The minimum Gasteiger partial charge on any atom is -0.372 e. The third-order valence-corrected chi connectivity index (χ3v) is 3.27. The highest BCUT2D eigenvalue weighted by atomic mass is 28.2. The predicted molar refractivity (Wildman–Crippen MR) is 73.0 cm³/mol. The number of halogens is 4. The Labute approximate surface area is 129 Å². The van der Waals surface area contributed by atoms with Gasteiger partial charge in [-0.15, -0.1) is 0 Å². The van der Waals surface area contributed by atoms with Crippen LogP contribution in [0.2, 0.25) is 0 Å². The van der Waals surface area contributed by atoms with Crippen LogP contribution in [0.15, 0.2) is 6.07 Å². The summed E-state index contributed by atoms with van der Waals surface area (Å²) < 4.78 is 68.6. The Balaban J connectivity index is 2.65. The maximum Gasteiger partial charge on any atom is 0.262 e. The summed E-state index contributed by atoms with van der Waals surface area (Å²) >= 11 is 0. The van der Waals surface area contributed by atoms with Gasteiger partial charge in [-0.25, -0.2) is 17.6 Å². The maximum absolute atomic E-state index is 13.5. The van der Waals surface area contributed by atoms with Gasteiger partial charge in [-0.2, -0.15) is 0 Å². The average molecular weight is 338 g/mol. The zero-order valence-corrected chi connectivity index (χ0v) is 13.8. The van der Waals surface area contributed by atoms with Gasteiger partial charge in [0, 0.05) is 0 Å². The summed E-state index contributed by atoms with van der Waals surface area (Å²) in [5, 5.41) is 0. The largest absolute Gasteiger partial charge is 0.372 e. The van der Waals surface area contributed by atoms with E-state index >= 15 is 0 Å². The first-order valence-electron chi connectivity index (χ1n) is 6.73. The van der Waals surface area contributed by atoms with Crippen molar-refractivity contribution in [3.05, 3.63) is 34.9 Å². The van der Waals surface area contributed by atoms with Crippen LogP contribution in [0.25, 0.3) is 0 Å². The van der Waals surface area contributed by atoms with Crippen molar-refractivity contribution in [3.63, 3.8) is 0 Å². The van der Waals surface area contributed by atoms with Crippen molar-refractivity contribution in [2.24, 2.45) is 0 Å². The Morgan fingerprint density at radius 1 is 0.909 bits per heavy atom. The zero-order chi connectivity index (χ0) is 16.9. The molecule has 0 spiro atoms. The van der Waals surface area contributed by atoms with E-state index in [2.05, 4.69) is 0 Å². The van der Waals surface area contributed by atoms with Crippen LogP contribution in [0, 0.1) is 23.3 Å². The number of hydrogen-bond donors (Lipinski definition) is 0. The molecule has 0 unspecified atom stereocenters. The molecule has 0 saturated carbocycles. The predicted octanol–water partition coefficient (Wildman–Crippen LogP) is 3.51. The van der Waals surface area contributed by atoms with Gasteiger partial charge in [0.2, 0.25) is 9.76 Å². The highest BCUT2D eigenvalue weighted by Crippen LogP contribution is 2.19. The van der Waals surface area contributed by atoms with Crippen molar-refractivity contribution in [3.8, 4) is 0 Å². The molecular formula is C14H18F4O3Si. The van der Waals surface area contributed by atoms with Gasteiger partial charge < -0.3 is 13.9 Å². The third-order valence-electron chi connectivity index (χ3n) is 2.39. The van der Waals surface area contributed by atoms with Crippen LogP contribution in [0.5, 0.6) is 0 Å². The molecule has 1 aromatic rings. The standard InChI is InChI=1S/C14H18F4O3Si/c1-7(2)19-14(20-8(3)4)21-22-6-9-5-10(15)12(17)13(18)11(9)16/h5,7-8,14H,6H2,1-4H3. The van der Waals surface area contributed by atoms with Crippen LogP contribution in [-0.4, -0.2) is 28.4 Å². The first-order valence-corrected chi connectivity index (χ1v) is 7.85. The molecule has 1 rings (SSSR count). The maximum atomic E-state index is 13.5. The topological polar surface area (TPSA) is 27.7 Å². The molecule has 22 heavy (non-hydrogen) atoms. The smallest absolute Gasteiger partial charge is 0.262 e. The Morgan fingerprint density at radius 3 is 1.95 bits per heavy atom. The van der Waals surface area contributed by atoms with Crippen LogP contribution < -0.4 is 0 Å². The Bertz CT molecular complexity index is 487. The van der Waals surface area contributed by atoms with Crippen molar-refractivity contribution in [1.29, 1.82) is 0 Å². The molecule has 0 bridgehead atoms. The fourth-order valence-electron chi connectivity index (χ4n) is 1.47. The van der Waals surface area contributed by atoms with E-state index in [4.69, 9.17) is 13.9 Å². The average Bonchev–Trinajstić information content (AvgIpc) is 2.40. The van der Waals surface area contributed by atoms with Gasteiger partial charge in [0.25, 0.3) is 6.48 Å². The van der Waals surface area contributed by atoms with Crippen LogP contribution in [0.4, 0.5) is 17.6 Å². The first kappa shape index (κ1) is 19.1. The molecule has 0 atom stereocenters. The van der Waals surface area contributed by atoms with Gasteiger partial charge in [0.1, 0.15) is 0 Å². The normalized spacial score (nSPS) is 12.0. The molecule has 0 fully saturated rings. The van der Waals surface area contributed by atoms with Gasteiger partial charge in [0.05, 0.1) is 12.2 Å². The number of benzene rings is 1. The molecule has 8 heteroatoms. The van der Waals surface area contributed by atoms with Crippen LogP contribution >= 0.6 is 0 Å². The lowest BCUT2D eigenvalue weighted by molar-refractivity contribution is -0.275. The molecule has 1 aromatic carbocycles. The van der Waals surface area contributed by atoms with Gasteiger partial charge in [-0.1, -0.05) is 0 Å². The minimum atomic E-state index is -1.83. The molecule has 0 aliphatic heterocycles. The second-order valence-corrected chi connectivity index (χ2v) is 5.93. The lowest BCUT2D eigenvalue weighted by Crippen LogP contribution is -2.29. The quantitative estimate of drug-likeness (QED) is 0.239. The fraction of sp³-hybridized carbons (Fsp3) is 0.571. The summed E-state index contributed by atoms with van der Waals surface area (Å²) in [7, 11) is -0.371. The van der Waals surface area contributed by atoms with Gasteiger partial charge >= 0.3 is 0 Å². The van der Waals surface area contributed by atoms with E-state index in [0.717, 1.165) is 0 Å². The summed E-state index contributed by atoms with van der Waals surface area (Å²) in [5.74, 6) is -6.50. The zero-order valence-electron chi connectivity index (χ0n) is 12.8. The van der Waals surface area contributed by atoms with Crippen LogP contribution in [0.1, 0.15) is 33.3 Å². The summed E-state index contributed by atoms with van der Waals surface area (Å²) in [5.41, 5.74) is -0.303. The van der Waals surface area contributed by atoms with E-state index in [1.807, 2.05) is 0 Å². The van der Waals surface area contributed by atoms with E-state index < -0.39 is 29.7 Å². The number of ether oxygens (including phenoxy) is 2. The number of rotatable bonds is 8. The summed E-state index contributed by atoms with van der Waals surface area (Å²) in [6.07, 6.45) is -0.322. The molecule has 0 amide bonds. The van der Waals surface area contributed by atoms with Crippen LogP contribution in [0.3, 0.4) is 0 Å². The second-order valence-electron chi connectivity index (χ2n) is 5.06. The van der Waals surface area contributed by atoms with Gasteiger partial charge in [-0.05, 0) is 45.4 Å². The van der Waals surface area contributed by atoms with Gasteiger partial charge in [0.15, 0.2) is 23.3 Å². The van der Waals surface area contributed by atoms with E-state index in [1.54, 1.807) is 27.7 Å². The SMILES string of the molecule is CC(C)OC(O[Si]Cc1cc(F)c(F)c(F)c1F)OC(C)C. The lowest BCUT2D eigenvalue weighted by Gasteiger charge is -2.22. The molecule has 124 valence electrons. The Kier molecular flexibility index (Phi) is 7.47. The van der Waals surface area contributed by atoms with Crippen molar-refractivity contribution in [1.82, 2.24) is 0 Å². The highest BCUT2D eigenvalue weighted by Gasteiger charge is 2.20. The number of hydrogen-bond acceptors (Lipinski definition) is 3. The molecule has 0 N–H and O–H groups in total. The Hall–Kier alpha value is -0.963. The minimum absolute atomic E-state index is 0.126. The molecule has 2 radical (unpaired) electrons. The molecule has 0 aliphatic rings. The Morgan fingerprint density at radius 2 is 1.45 bits per heavy atom. The lowest BCUT2D eigenvalue weighted by atomic mass is 10.2. The summed E-state index contributed by atoms with van der Waals surface area (Å²) in [6.45, 7) is 6.18. The van der Waals surface area contributed by atoms with Crippen LogP contribution in [-0.2, 0) is 19.9 Å². The first-order chi connectivity index (χ1) is 10.2. The summed E-state index contributed by atoms with van der Waals surface area (Å²) in [4.78, 5) is 0. The molecule has 0 aliphatic carbocycles. The van der Waals surface area contributed by atoms with E-state index in [9.17, 15) is 17.6 Å². The van der Waals surface area contributed by atoms with Gasteiger partial charge in [-0.3, -0.25) is 0 Å². The third kappa shape index (κ3) is 5.67. The van der Waals surface area contributed by atoms with E-state index in [1.165, 1.54) is 0 Å². The van der Waals surface area contributed by atoms with Crippen molar-refractivity contribution in [2.45, 2.75) is 52.4 Å². The van der Waals surface area contributed by atoms with E-state index in [0.29, 0.717) is 6.07 Å². The molecule has 0 saturated heterocycles. The summed E-state index contributed by atoms with van der Waals surface area (Å²) in [6, 6.07) is 0.491. The highest BCUT2D eigenvalue weighted by molar-refractivity contribution is 6.26. The molecule has 0 heterocycles. The molecule has 3 nitrogen and oxygen atoms in total. The second kappa shape index (κ2) is 8.61. The molecular weight excluding hydrogens is 320 g/mol. The monoisotopic (exact) mass is 338 g/mol. The van der Waals surface area contributed by atoms with Crippen molar-refractivity contribution in [2.75, 3.05) is 0 Å². The van der Waals surface area contributed by atoms with Crippen molar-refractivity contribution < 1.29 is 31.5 Å².